The lowest BCUT2D eigenvalue weighted by Gasteiger charge is -2.05. The van der Waals surface area contributed by atoms with Gasteiger partial charge in [-0.05, 0) is 6.92 Å². The molecular weight excluding hydrogens is 188 g/mol. The zero-order valence-electron chi connectivity index (χ0n) is 8.99. The summed E-state index contributed by atoms with van der Waals surface area (Å²) in [4.78, 5) is 8.99. The smallest absolute Gasteiger partial charge is 0.106 e. The molecule has 0 fully saturated rings. The summed E-state index contributed by atoms with van der Waals surface area (Å²) in [7, 11) is 1.47. The summed E-state index contributed by atoms with van der Waals surface area (Å²) in [6.45, 7) is 6.06. The van der Waals surface area contributed by atoms with Crippen molar-refractivity contribution in [2.75, 3.05) is 53.4 Å². The fraction of sp³-hybridized carbons (Fsp3) is 1.00. The Hall–Kier alpha value is -0.200. The molecule has 0 atom stereocenters. The van der Waals surface area contributed by atoms with Gasteiger partial charge in [-0.1, -0.05) is 0 Å². The van der Waals surface area contributed by atoms with Crippen molar-refractivity contribution in [1.29, 1.82) is 0 Å². The number of rotatable bonds is 11. The van der Waals surface area contributed by atoms with Gasteiger partial charge in [0.15, 0.2) is 0 Å². The monoisotopic (exact) mass is 208 g/mol. The maximum atomic E-state index is 5.22. The predicted octanol–water partition coefficient (Wildman–Crippen LogP) is 0.634. The average Bonchev–Trinajstić information content (AvgIpc) is 2.21. The molecule has 0 aliphatic heterocycles. The molecule has 0 radical (unpaired) electrons. The highest BCUT2D eigenvalue weighted by molar-refractivity contribution is 4.32. The molecule has 14 heavy (non-hydrogen) atoms. The van der Waals surface area contributed by atoms with E-state index < -0.39 is 0 Å². The molecule has 0 bridgehead atoms. The van der Waals surface area contributed by atoms with Crippen LogP contribution in [0.1, 0.15) is 6.92 Å². The molecule has 0 unspecified atom stereocenters. The summed E-state index contributed by atoms with van der Waals surface area (Å²) >= 11 is 0. The summed E-state index contributed by atoms with van der Waals surface area (Å²) in [6, 6.07) is 0. The van der Waals surface area contributed by atoms with Gasteiger partial charge in [-0.2, -0.15) is 0 Å². The molecule has 0 heterocycles. The lowest BCUT2D eigenvalue weighted by molar-refractivity contribution is -0.277. The van der Waals surface area contributed by atoms with Gasteiger partial charge in [-0.15, -0.1) is 0 Å². The van der Waals surface area contributed by atoms with Gasteiger partial charge in [0.2, 0.25) is 0 Å². The quantitative estimate of drug-likeness (QED) is 0.283. The van der Waals surface area contributed by atoms with Crippen molar-refractivity contribution in [3.8, 4) is 0 Å². The third kappa shape index (κ3) is 11.8. The summed E-state index contributed by atoms with van der Waals surface area (Å²) < 4.78 is 15.5. The largest absolute Gasteiger partial charge is 0.379 e. The first-order chi connectivity index (χ1) is 6.91. The van der Waals surface area contributed by atoms with Crippen LogP contribution in [0.25, 0.3) is 0 Å². The zero-order valence-corrected chi connectivity index (χ0v) is 8.99. The molecular formula is C9H20O5. The molecule has 5 nitrogen and oxygen atoms in total. The summed E-state index contributed by atoms with van der Waals surface area (Å²) in [5, 5.41) is 0. The number of ether oxygens (including phenoxy) is 3. The van der Waals surface area contributed by atoms with E-state index >= 15 is 0 Å². The van der Waals surface area contributed by atoms with Crippen molar-refractivity contribution < 1.29 is 24.0 Å². The van der Waals surface area contributed by atoms with Gasteiger partial charge >= 0.3 is 0 Å². The molecule has 0 aromatic heterocycles. The van der Waals surface area contributed by atoms with E-state index in [0.29, 0.717) is 39.6 Å². The van der Waals surface area contributed by atoms with E-state index in [2.05, 4.69) is 9.78 Å². The summed E-state index contributed by atoms with van der Waals surface area (Å²) in [5.41, 5.74) is 0. The van der Waals surface area contributed by atoms with Gasteiger partial charge < -0.3 is 14.2 Å². The highest BCUT2D eigenvalue weighted by atomic mass is 17.2. The van der Waals surface area contributed by atoms with Crippen LogP contribution in [0.2, 0.25) is 0 Å². The standard InChI is InChI=1S/C9H20O5/c1-3-11-4-5-12-6-7-13-8-9-14-10-2/h3-9H2,1-2H3. The Morgan fingerprint density at radius 1 is 0.714 bits per heavy atom. The van der Waals surface area contributed by atoms with Gasteiger partial charge in [0.05, 0.1) is 40.1 Å². The SMILES string of the molecule is CCOCCOCCOCCOOC. The van der Waals surface area contributed by atoms with Crippen LogP contribution in [0.15, 0.2) is 0 Å². The third-order valence-corrected chi connectivity index (χ3v) is 1.38. The Bertz CT molecular complexity index is 87.2. The van der Waals surface area contributed by atoms with Crippen molar-refractivity contribution in [1.82, 2.24) is 0 Å². The first-order valence-electron chi connectivity index (χ1n) is 4.80. The maximum absolute atomic E-state index is 5.22. The van der Waals surface area contributed by atoms with Crippen LogP contribution >= 0.6 is 0 Å². The summed E-state index contributed by atoms with van der Waals surface area (Å²) in [6.07, 6.45) is 0. The first-order valence-corrected chi connectivity index (χ1v) is 4.80. The molecule has 0 N–H and O–H groups in total. The van der Waals surface area contributed by atoms with E-state index in [1.807, 2.05) is 6.92 Å². The Balaban J connectivity index is 2.78. The minimum absolute atomic E-state index is 0.440. The third-order valence-electron chi connectivity index (χ3n) is 1.38. The van der Waals surface area contributed by atoms with E-state index in [0.717, 1.165) is 6.61 Å². The highest BCUT2D eigenvalue weighted by Crippen LogP contribution is 1.81. The molecule has 0 amide bonds. The molecule has 0 aromatic carbocycles. The van der Waals surface area contributed by atoms with Crippen molar-refractivity contribution in [3.63, 3.8) is 0 Å². The van der Waals surface area contributed by atoms with Crippen LogP contribution < -0.4 is 0 Å². The molecule has 0 aliphatic carbocycles. The second kappa shape index (κ2) is 12.8. The van der Waals surface area contributed by atoms with E-state index in [-0.39, 0.29) is 0 Å². The molecule has 0 rings (SSSR count). The molecule has 0 aliphatic rings. The molecule has 0 spiro atoms. The minimum Gasteiger partial charge on any atom is -0.379 e. The minimum atomic E-state index is 0.440. The second-order valence-electron chi connectivity index (χ2n) is 2.41. The van der Waals surface area contributed by atoms with Gasteiger partial charge in [-0.25, -0.2) is 9.78 Å². The van der Waals surface area contributed by atoms with Crippen molar-refractivity contribution >= 4 is 0 Å². The molecule has 0 aromatic rings. The maximum Gasteiger partial charge on any atom is 0.106 e. The van der Waals surface area contributed by atoms with Crippen LogP contribution in [0.4, 0.5) is 0 Å². The van der Waals surface area contributed by atoms with Gasteiger partial charge in [0.1, 0.15) is 6.61 Å². The van der Waals surface area contributed by atoms with Crippen molar-refractivity contribution in [2.24, 2.45) is 0 Å². The van der Waals surface area contributed by atoms with Crippen molar-refractivity contribution in [3.05, 3.63) is 0 Å². The Kier molecular flexibility index (Phi) is 12.6. The predicted molar refractivity (Wildman–Crippen MR) is 51.1 cm³/mol. The van der Waals surface area contributed by atoms with Gasteiger partial charge in [-0.3, -0.25) is 0 Å². The van der Waals surface area contributed by atoms with Crippen LogP contribution in [0.5, 0.6) is 0 Å². The number of hydrogen-bond donors (Lipinski definition) is 0. The molecule has 0 saturated carbocycles. The van der Waals surface area contributed by atoms with Gasteiger partial charge in [0.25, 0.3) is 0 Å². The Morgan fingerprint density at radius 2 is 1.21 bits per heavy atom. The van der Waals surface area contributed by atoms with E-state index in [1.165, 1.54) is 7.11 Å². The molecule has 0 saturated heterocycles. The van der Waals surface area contributed by atoms with E-state index in [4.69, 9.17) is 14.2 Å². The zero-order chi connectivity index (χ0) is 10.5. The topological polar surface area (TPSA) is 46.2 Å². The fourth-order valence-corrected chi connectivity index (χ4v) is 0.760. The van der Waals surface area contributed by atoms with Crippen LogP contribution in [0, 0.1) is 0 Å². The van der Waals surface area contributed by atoms with E-state index in [1.54, 1.807) is 0 Å². The Labute approximate surface area is 85.2 Å². The number of hydrogen-bond acceptors (Lipinski definition) is 5. The lowest BCUT2D eigenvalue weighted by atomic mass is 10.7. The summed E-state index contributed by atoms with van der Waals surface area (Å²) in [5.74, 6) is 0. The van der Waals surface area contributed by atoms with Crippen molar-refractivity contribution in [2.45, 2.75) is 6.92 Å². The van der Waals surface area contributed by atoms with Crippen LogP contribution in [-0.2, 0) is 24.0 Å². The average molecular weight is 208 g/mol. The van der Waals surface area contributed by atoms with E-state index in [9.17, 15) is 0 Å². The van der Waals surface area contributed by atoms with Gasteiger partial charge in [0, 0.05) is 6.61 Å². The normalized spacial score (nSPS) is 10.7. The van der Waals surface area contributed by atoms with Crippen LogP contribution in [-0.4, -0.2) is 53.4 Å². The lowest BCUT2D eigenvalue weighted by Crippen LogP contribution is -2.11. The Morgan fingerprint density at radius 3 is 1.71 bits per heavy atom. The second-order valence-corrected chi connectivity index (χ2v) is 2.41. The highest BCUT2D eigenvalue weighted by Gasteiger charge is 1.90. The first kappa shape index (κ1) is 13.8. The molecule has 86 valence electrons. The fourth-order valence-electron chi connectivity index (χ4n) is 0.760. The molecule has 5 heteroatoms. The van der Waals surface area contributed by atoms with Crippen LogP contribution in [0.3, 0.4) is 0 Å².